The van der Waals surface area contributed by atoms with Crippen molar-refractivity contribution >= 4 is 17.9 Å². The molecule has 2 N–H and O–H groups in total. The molecule has 2 amide bonds. The van der Waals surface area contributed by atoms with Gasteiger partial charge in [0.05, 0.1) is 7.11 Å². The summed E-state index contributed by atoms with van der Waals surface area (Å²) < 4.78 is 9.69. The Morgan fingerprint density at radius 2 is 1.95 bits per heavy atom. The van der Waals surface area contributed by atoms with Crippen LogP contribution in [0.25, 0.3) is 0 Å². The monoisotopic (exact) mass is 304 g/mol. The van der Waals surface area contributed by atoms with Crippen molar-refractivity contribution in [1.82, 2.24) is 5.32 Å². The van der Waals surface area contributed by atoms with Crippen LogP contribution in [-0.4, -0.2) is 24.8 Å². The number of anilines is 1. The number of hydrogen-bond donors (Lipinski definition) is 2. The summed E-state index contributed by atoms with van der Waals surface area (Å²) in [5.41, 5.74) is -0.273. The van der Waals surface area contributed by atoms with Crippen LogP contribution in [0.2, 0.25) is 0 Å². The first kappa shape index (κ1) is 17.4. The quantitative estimate of drug-likeness (QED) is 0.819. The van der Waals surface area contributed by atoms with Gasteiger partial charge in [0.2, 0.25) is 0 Å². The van der Waals surface area contributed by atoms with Crippen molar-refractivity contribution in [2.24, 2.45) is 0 Å². The van der Waals surface area contributed by atoms with Crippen LogP contribution in [0.5, 0.6) is 5.75 Å². The second-order valence-corrected chi connectivity index (χ2v) is 4.59. The second-order valence-electron chi connectivity index (χ2n) is 4.59. The van der Waals surface area contributed by atoms with Crippen molar-refractivity contribution in [3.8, 4) is 18.1 Å². The number of nitrogens with one attached hydrogen (secondary N) is 2. The van der Waals surface area contributed by atoms with Crippen LogP contribution >= 0.6 is 0 Å². The molecule has 0 spiro atoms. The minimum absolute atomic E-state index is 0.282. The van der Waals surface area contributed by atoms with E-state index in [-0.39, 0.29) is 5.75 Å². The molecule has 0 aliphatic rings. The number of carbonyl (C=O) groups excluding carboxylic acids is 2. The molecule has 1 aromatic rings. The maximum atomic E-state index is 12.0. The van der Waals surface area contributed by atoms with Crippen molar-refractivity contribution in [3.63, 3.8) is 0 Å². The van der Waals surface area contributed by atoms with E-state index in [9.17, 15) is 9.59 Å². The highest BCUT2D eigenvalue weighted by Crippen LogP contribution is 2.19. The number of ether oxygens (including phenoxy) is 2. The van der Waals surface area contributed by atoms with Crippen molar-refractivity contribution in [2.45, 2.75) is 32.2 Å². The molecule has 0 bridgehead atoms. The normalized spacial score (nSPS) is 10.3. The molecule has 1 aromatic carbocycles. The minimum atomic E-state index is -0.723. The summed E-state index contributed by atoms with van der Waals surface area (Å²) in [6.07, 6.45) is 5.43. The van der Waals surface area contributed by atoms with Gasteiger partial charge < -0.3 is 14.8 Å². The number of carbonyl (C=O) groups is 2. The zero-order valence-electron chi connectivity index (χ0n) is 12.9. The smallest absolute Gasteiger partial charge is 0.413 e. The number of terminal acetylenes is 1. The first-order valence-corrected chi connectivity index (χ1v) is 6.91. The number of benzene rings is 1. The van der Waals surface area contributed by atoms with E-state index in [1.807, 2.05) is 13.8 Å². The van der Waals surface area contributed by atoms with Gasteiger partial charge in [-0.15, -0.1) is 6.42 Å². The molecule has 1 rings (SSSR count). The lowest BCUT2D eigenvalue weighted by atomic mass is 9.94. The molecule has 0 unspecified atom stereocenters. The summed E-state index contributed by atoms with van der Waals surface area (Å²) in [4.78, 5) is 23.1. The Morgan fingerprint density at radius 3 is 2.50 bits per heavy atom. The Balaban J connectivity index is 2.75. The van der Waals surface area contributed by atoms with Crippen LogP contribution in [0.4, 0.5) is 15.3 Å². The first-order chi connectivity index (χ1) is 10.5. The Morgan fingerprint density at radius 1 is 1.27 bits per heavy atom. The third kappa shape index (κ3) is 4.70. The number of methoxy groups -OCH3 is 1. The standard InChI is InChI=1S/C16H20N2O4/c1-5-16(6-2,7-3)18-15(20)22-13-10-8-9-12(11-13)17-14(19)21-4/h1,8-11H,6-7H2,2-4H3,(H,17,19)(H,18,20). The topological polar surface area (TPSA) is 76.7 Å². The molecule has 6 nitrogen and oxygen atoms in total. The second kappa shape index (κ2) is 7.93. The minimum Gasteiger partial charge on any atom is -0.453 e. The van der Waals surface area contributed by atoms with E-state index in [4.69, 9.17) is 11.2 Å². The lowest BCUT2D eigenvalue weighted by Gasteiger charge is -2.26. The lowest BCUT2D eigenvalue weighted by Crippen LogP contribution is -2.47. The molecule has 0 heterocycles. The first-order valence-electron chi connectivity index (χ1n) is 6.91. The Hall–Kier alpha value is -2.68. The van der Waals surface area contributed by atoms with E-state index in [1.54, 1.807) is 18.2 Å². The van der Waals surface area contributed by atoms with E-state index in [0.717, 1.165) is 0 Å². The van der Waals surface area contributed by atoms with Crippen LogP contribution in [0.15, 0.2) is 24.3 Å². The molecule has 0 atom stereocenters. The van der Waals surface area contributed by atoms with E-state index in [1.165, 1.54) is 13.2 Å². The fraction of sp³-hybridized carbons (Fsp3) is 0.375. The maximum Gasteiger partial charge on any atom is 0.413 e. The molecule has 0 aliphatic carbocycles. The highest BCUT2D eigenvalue weighted by molar-refractivity contribution is 5.85. The largest absolute Gasteiger partial charge is 0.453 e. The predicted octanol–water partition coefficient (Wildman–Crippen LogP) is 3.15. The van der Waals surface area contributed by atoms with Gasteiger partial charge in [0.1, 0.15) is 11.3 Å². The average molecular weight is 304 g/mol. The zero-order valence-corrected chi connectivity index (χ0v) is 12.9. The van der Waals surface area contributed by atoms with Crippen molar-refractivity contribution in [2.75, 3.05) is 12.4 Å². The van der Waals surface area contributed by atoms with E-state index in [0.29, 0.717) is 18.5 Å². The zero-order chi connectivity index (χ0) is 16.6. The van der Waals surface area contributed by atoms with Gasteiger partial charge in [-0.1, -0.05) is 25.8 Å². The van der Waals surface area contributed by atoms with Crippen LogP contribution in [0.3, 0.4) is 0 Å². The van der Waals surface area contributed by atoms with Gasteiger partial charge in [-0.2, -0.15) is 0 Å². The fourth-order valence-electron chi connectivity index (χ4n) is 1.80. The SMILES string of the molecule is C#CC(CC)(CC)NC(=O)Oc1cccc(NC(=O)OC)c1. The van der Waals surface area contributed by atoms with Crippen LogP contribution in [0, 0.1) is 12.3 Å². The maximum absolute atomic E-state index is 12.0. The Bertz CT molecular complexity index is 574. The molecule has 0 aliphatic heterocycles. The molecular formula is C16H20N2O4. The van der Waals surface area contributed by atoms with Crippen molar-refractivity contribution in [3.05, 3.63) is 24.3 Å². The summed E-state index contributed by atoms with van der Waals surface area (Å²) in [5.74, 6) is 2.87. The molecule has 6 heteroatoms. The summed E-state index contributed by atoms with van der Waals surface area (Å²) >= 11 is 0. The molecule has 22 heavy (non-hydrogen) atoms. The van der Waals surface area contributed by atoms with Crippen molar-refractivity contribution in [1.29, 1.82) is 0 Å². The Labute approximate surface area is 130 Å². The van der Waals surface area contributed by atoms with Crippen LogP contribution < -0.4 is 15.4 Å². The van der Waals surface area contributed by atoms with Crippen LogP contribution in [-0.2, 0) is 4.74 Å². The van der Waals surface area contributed by atoms with E-state index >= 15 is 0 Å². The van der Waals surface area contributed by atoms with Gasteiger partial charge >= 0.3 is 12.2 Å². The van der Waals surface area contributed by atoms with Gasteiger partial charge in [0.15, 0.2) is 0 Å². The molecular weight excluding hydrogens is 284 g/mol. The third-order valence-electron chi connectivity index (χ3n) is 3.30. The van der Waals surface area contributed by atoms with Gasteiger partial charge in [0, 0.05) is 11.8 Å². The predicted molar refractivity (Wildman–Crippen MR) is 83.8 cm³/mol. The van der Waals surface area contributed by atoms with Crippen LogP contribution in [0.1, 0.15) is 26.7 Å². The fourth-order valence-corrected chi connectivity index (χ4v) is 1.80. The summed E-state index contributed by atoms with van der Waals surface area (Å²) in [6.45, 7) is 3.79. The van der Waals surface area contributed by atoms with E-state index in [2.05, 4.69) is 21.3 Å². The molecule has 0 saturated heterocycles. The lowest BCUT2D eigenvalue weighted by molar-refractivity contribution is 0.187. The van der Waals surface area contributed by atoms with Gasteiger partial charge in [-0.25, -0.2) is 9.59 Å². The molecule has 0 saturated carbocycles. The Kier molecular flexibility index (Phi) is 6.26. The molecule has 0 radical (unpaired) electrons. The van der Waals surface area contributed by atoms with Gasteiger partial charge in [-0.3, -0.25) is 5.32 Å². The number of rotatable bonds is 5. The molecule has 0 fully saturated rings. The number of amides is 2. The van der Waals surface area contributed by atoms with Gasteiger partial charge in [0.25, 0.3) is 0 Å². The van der Waals surface area contributed by atoms with Crippen molar-refractivity contribution < 1.29 is 19.1 Å². The molecule has 0 aromatic heterocycles. The summed E-state index contributed by atoms with van der Waals surface area (Å²) in [5, 5.41) is 5.17. The average Bonchev–Trinajstić information content (AvgIpc) is 2.53. The highest BCUT2D eigenvalue weighted by atomic mass is 16.6. The molecule has 118 valence electrons. The van der Waals surface area contributed by atoms with Gasteiger partial charge in [-0.05, 0) is 25.0 Å². The summed E-state index contributed by atoms with van der Waals surface area (Å²) in [7, 11) is 1.26. The van der Waals surface area contributed by atoms with E-state index < -0.39 is 17.7 Å². The summed E-state index contributed by atoms with van der Waals surface area (Å²) in [6, 6.07) is 6.39. The highest BCUT2D eigenvalue weighted by Gasteiger charge is 2.26. The number of hydrogen-bond acceptors (Lipinski definition) is 4. The third-order valence-corrected chi connectivity index (χ3v) is 3.30.